The van der Waals surface area contributed by atoms with Gasteiger partial charge in [-0.3, -0.25) is 0 Å². The van der Waals surface area contributed by atoms with E-state index in [9.17, 15) is 0 Å². The third-order valence-corrected chi connectivity index (χ3v) is 2.57. The quantitative estimate of drug-likeness (QED) is 0.790. The van der Waals surface area contributed by atoms with Crippen molar-refractivity contribution in [1.29, 1.82) is 0 Å². The molecule has 0 fully saturated rings. The van der Waals surface area contributed by atoms with Crippen molar-refractivity contribution in [3.8, 4) is 0 Å². The smallest absolute Gasteiger partial charge is 0.134 e. The molecule has 0 spiro atoms. The van der Waals surface area contributed by atoms with E-state index >= 15 is 0 Å². The van der Waals surface area contributed by atoms with Crippen molar-refractivity contribution >= 4 is 11.0 Å². The molecule has 2 aromatic rings. The Kier molecular flexibility index (Phi) is 2.30. The minimum atomic E-state index is 0.138. The van der Waals surface area contributed by atoms with E-state index in [1.165, 1.54) is 5.56 Å². The molecule has 0 aliphatic heterocycles. The maximum absolute atomic E-state index is 9.08. The van der Waals surface area contributed by atoms with Gasteiger partial charge in [-0.2, -0.15) is 0 Å². The van der Waals surface area contributed by atoms with Gasteiger partial charge in [0.05, 0.1) is 6.26 Å². The molecular formula is C12H14O2. The number of furan rings is 1. The molecule has 0 aliphatic carbocycles. The fourth-order valence-corrected chi connectivity index (χ4v) is 1.64. The molecule has 1 atom stereocenters. The fourth-order valence-electron chi connectivity index (χ4n) is 1.64. The molecule has 0 saturated heterocycles. The molecule has 14 heavy (non-hydrogen) atoms. The highest BCUT2D eigenvalue weighted by molar-refractivity contribution is 5.82. The van der Waals surface area contributed by atoms with E-state index in [4.69, 9.17) is 9.52 Å². The van der Waals surface area contributed by atoms with Gasteiger partial charge in [-0.15, -0.1) is 0 Å². The second-order valence-corrected chi connectivity index (χ2v) is 3.77. The van der Waals surface area contributed by atoms with Crippen molar-refractivity contribution in [1.82, 2.24) is 0 Å². The molecule has 1 aromatic carbocycles. The minimum Gasteiger partial charge on any atom is -0.464 e. The Morgan fingerprint density at radius 2 is 2.21 bits per heavy atom. The minimum absolute atomic E-state index is 0.138. The summed E-state index contributed by atoms with van der Waals surface area (Å²) in [5.41, 5.74) is 3.18. The lowest BCUT2D eigenvalue weighted by Gasteiger charge is -2.04. The van der Waals surface area contributed by atoms with Gasteiger partial charge in [-0.1, -0.05) is 19.1 Å². The lowest BCUT2D eigenvalue weighted by Crippen LogP contribution is -1.97. The van der Waals surface area contributed by atoms with E-state index in [0.29, 0.717) is 0 Å². The van der Waals surface area contributed by atoms with Crippen molar-refractivity contribution in [2.24, 2.45) is 0 Å². The summed E-state index contributed by atoms with van der Waals surface area (Å²) in [6.45, 7) is 4.18. The highest BCUT2D eigenvalue weighted by atomic mass is 16.3. The van der Waals surface area contributed by atoms with E-state index in [0.717, 1.165) is 16.5 Å². The third kappa shape index (κ3) is 1.42. The van der Waals surface area contributed by atoms with Gasteiger partial charge in [0.1, 0.15) is 5.58 Å². The second kappa shape index (κ2) is 3.46. The topological polar surface area (TPSA) is 33.4 Å². The number of hydrogen-bond acceptors (Lipinski definition) is 2. The summed E-state index contributed by atoms with van der Waals surface area (Å²) in [7, 11) is 0. The van der Waals surface area contributed by atoms with Crippen LogP contribution < -0.4 is 0 Å². The van der Waals surface area contributed by atoms with Crippen molar-refractivity contribution < 1.29 is 9.52 Å². The van der Waals surface area contributed by atoms with Crippen LogP contribution in [0.3, 0.4) is 0 Å². The molecule has 1 heterocycles. The number of hydrogen-bond donors (Lipinski definition) is 1. The van der Waals surface area contributed by atoms with E-state index < -0.39 is 0 Å². The molecular weight excluding hydrogens is 176 g/mol. The zero-order valence-corrected chi connectivity index (χ0v) is 8.45. The van der Waals surface area contributed by atoms with Crippen molar-refractivity contribution in [3.05, 3.63) is 35.6 Å². The zero-order chi connectivity index (χ0) is 10.1. The van der Waals surface area contributed by atoms with Gasteiger partial charge in [0.2, 0.25) is 0 Å². The monoisotopic (exact) mass is 190 g/mol. The van der Waals surface area contributed by atoms with Crippen LogP contribution in [0.1, 0.15) is 24.0 Å². The summed E-state index contributed by atoms with van der Waals surface area (Å²) >= 11 is 0. The predicted molar refractivity (Wildman–Crippen MR) is 56.5 cm³/mol. The first-order valence-corrected chi connectivity index (χ1v) is 4.81. The molecule has 2 heteroatoms. The molecule has 1 aromatic heterocycles. The predicted octanol–water partition coefficient (Wildman–Crippen LogP) is 2.84. The van der Waals surface area contributed by atoms with E-state index in [1.54, 1.807) is 6.26 Å². The Morgan fingerprint density at radius 1 is 1.43 bits per heavy atom. The summed E-state index contributed by atoms with van der Waals surface area (Å²) < 4.78 is 5.44. The van der Waals surface area contributed by atoms with Crippen LogP contribution in [0.2, 0.25) is 0 Å². The molecule has 0 amide bonds. The normalized spacial score (nSPS) is 13.4. The molecule has 2 nitrogen and oxygen atoms in total. The molecule has 0 aliphatic rings. The summed E-state index contributed by atoms with van der Waals surface area (Å²) in [5, 5.41) is 10.2. The first-order valence-electron chi connectivity index (χ1n) is 4.81. The SMILES string of the molecule is Cc1ccc2c(C(C)CO)coc2c1. The van der Waals surface area contributed by atoms with Gasteiger partial charge in [-0.05, 0) is 18.6 Å². The fraction of sp³-hybridized carbons (Fsp3) is 0.333. The summed E-state index contributed by atoms with van der Waals surface area (Å²) in [6, 6.07) is 6.13. The van der Waals surface area contributed by atoms with Crippen LogP contribution in [0.25, 0.3) is 11.0 Å². The van der Waals surface area contributed by atoms with Gasteiger partial charge in [-0.25, -0.2) is 0 Å². The van der Waals surface area contributed by atoms with Crippen LogP contribution in [0.4, 0.5) is 0 Å². The molecule has 1 N–H and O–H groups in total. The number of aryl methyl sites for hydroxylation is 1. The number of aliphatic hydroxyl groups is 1. The van der Waals surface area contributed by atoms with Crippen LogP contribution in [-0.2, 0) is 0 Å². The second-order valence-electron chi connectivity index (χ2n) is 3.77. The average molecular weight is 190 g/mol. The average Bonchev–Trinajstić information content (AvgIpc) is 2.59. The van der Waals surface area contributed by atoms with Gasteiger partial charge < -0.3 is 9.52 Å². The Balaban J connectivity index is 2.58. The Hall–Kier alpha value is -1.28. The summed E-state index contributed by atoms with van der Waals surface area (Å²) in [5.74, 6) is 0.138. The summed E-state index contributed by atoms with van der Waals surface area (Å²) in [4.78, 5) is 0. The van der Waals surface area contributed by atoms with Crippen molar-refractivity contribution in [3.63, 3.8) is 0 Å². The molecule has 1 unspecified atom stereocenters. The van der Waals surface area contributed by atoms with Crippen LogP contribution >= 0.6 is 0 Å². The maximum Gasteiger partial charge on any atom is 0.134 e. The van der Waals surface area contributed by atoms with Crippen LogP contribution in [0, 0.1) is 6.92 Å². The van der Waals surface area contributed by atoms with E-state index in [1.807, 2.05) is 19.9 Å². The highest BCUT2D eigenvalue weighted by Crippen LogP contribution is 2.27. The van der Waals surface area contributed by atoms with Gasteiger partial charge in [0, 0.05) is 23.5 Å². The standard InChI is InChI=1S/C12H14O2/c1-8-3-4-10-11(9(2)6-13)7-14-12(10)5-8/h3-5,7,9,13H,6H2,1-2H3. The van der Waals surface area contributed by atoms with Crippen molar-refractivity contribution in [2.45, 2.75) is 19.8 Å². The molecule has 74 valence electrons. The number of aliphatic hydroxyl groups excluding tert-OH is 1. The van der Waals surface area contributed by atoms with E-state index in [-0.39, 0.29) is 12.5 Å². The Bertz CT molecular complexity index is 443. The first kappa shape index (κ1) is 9.28. The highest BCUT2D eigenvalue weighted by Gasteiger charge is 2.11. The van der Waals surface area contributed by atoms with Gasteiger partial charge >= 0.3 is 0 Å². The lowest BCUT2D eigenvalue weighted by molar-refractivity contribution is 0.273. The summed E-state index contributed by atoms with van der Waals surface area (Å²) in [6.07, 6.45) is 1.74. The lowest BCUT2D eigenvalue weighted by atomic mass is 10.0. The zero-order valence-electron chi connectivity index (χ0n) is 8.45. The molecule has 2 rings (SSSR count). The van der Waals surface area contributed by atoms with E-state index in [2.05, 4.69) is 12.1 Å². The Morgan fingerprint density at radius 3 is 2.93 bits per heavy atom. The van der Waals surface area contributed by atoms with Crippen LogP contribution in [0.5, 0.6) is 0 Å². The largest absolute Gasteiger partial charge is 0.464 e. The van der Waals surface area contributed by atoms with Crippen LogP contribution in [-0.4, -0.2) is 11.7 Å². The molecule has 0 radical (unpaired) electrons. The van der Waals surface area contributed by atoms with Crippen LogP contribution in [0.15, 0.2) is 28.9 Å². The Labute approximate surface area is 83.2 Å². The third-order valence-electron chi connectivity index (χ3n) is 2.57. The number of rotatable bonds is 2. The first-order chi connectivity index (χ1) is 6.72. The number of fused-ring (bicyclic) bond motifs is 1. The molecule has 0 saturated carbocycles. The van der Waals surface area contributed by atoms with Gasteiger partial charge in [0.15, 0.2) is 0 Å². The maximum atomic E-state index is 9.08. The number of benzene rings is 1. The van der Waals surface area contributed by atoms with Crippen molar-refractivity contribution in [2.75, 3.05) is 6.61 Å². The van der Waals surface area contributed by atoms with Gasteiger partial charge in [0.25, 0.3) is 0 Å². The molecule has 0 bridgehead atoms.